The Morgan fingerprint density at radius 2 is 1.63 bits per heavy atom. The number of benzene rings is 3. The third kappa shape index (κ3) is 3.51. The van der Waals surface area contributed by atoms with Crippen molar-refractivity contribution in [1.82, 2.24) is 0 Å². The summed E-state index contributed by atoms with van der Waals surface area (Å²) in [4.78, 5) is 24.8. The first-order chi connectivity index (χ1) is 13.1. The highest BCUT2D eigenvalue weighted by atomic mass is 16.5. The van der Waals surface area contributed by atoms with Gasteiger partial charge in [-0.2, -0.15) is 0 Å². The van der Waals surface area contributed by atoms with E-state index in [1.807, 2.05) is 49.4 Å². The third-order valence-electron chi connectivity index (χ3n) is 4.25. The fraction of sp³-hybridized carbons (Fsp3) is 0.0435. The van der Waals surface area contributed by atoms with E-state index < -0.39 is 5.97 Å². The van der Waals surface area contributed by atoms with Gasteiger partial charge in [0, 0.05) is 11.6 Å². The Hall–Kier alpha value is -3.66. The van der Waals surface area contributed by atoms with Crippen molar-refractivity contribution < 1.29 is 13.9 Å². The number of esters is 1. The van der Waals surface area contributed by atoms with E-state index >= 15 is 0 Å². The summed E-state index contributed by atoms with van der Waals surface area (Å²) < 4.78 is 11.2. The quantitative estimate of drug-likeness (QED) is 0.383. The second kappa shape index (κ2) is 6.92. The number of ether oxygens (including phenoxy) is 1. The van der Waals surface area contributed by atoms with E-state index in [2.05, 4.69) is 0 Å². The summed E-state index contributed by atoms with van der Waals surface area (Å²) in [7, 11) is 0. The molecule has 0 saturated carbocycles. The second-order valence-corrected chi connectivity index (χ2v) is 6.25. The van der Waals surface area contributed by atoms with Crippen molar-refractivity contribution in [3.8, 4) is 17.1 Å². The average molecular weight is 356 g/mol. The van der Waals surface area contributed by atoms with Gasteiger partial charge in [-0.05, 0) is 37.3 Å². The van der Waals surface area contributed by atoms with Gasteiger partial charge in [-0.25, -0.2) is 4.79 Å². The monoisotopic (exact) mass is 356 g/mol. The molecule has 0 aliphatic heterocycles. The molecule has 0 spiro atoms. The predicted molar refractivity (Wildman–Crippen MR) is 104 cm³/mol. The van der Waals surface area contributed by atoms with Crippen molar-refractivity contribution >= 4 is 16.9 Å². The summed E-state index contributed by atoms with van der Waals surface area (Å²) in [6.45, 7) is 1.95. The minimum absolute atomic E-state index is 0.191. The molecular weight excluding hydrogens is 340 g/mol. The summed E-state index contributed by atoms with van der Waals surface area (Å²) in [6.07, 6.45) is 0. The molecule has 3 aromatic carbocycles. The third-order valence-corrected chi connectivity index (χ3v) is 4.25. The molecule has 4 rings (SSSR count). The topological polar surface area (TPSA) is 56.5 Å². The first-order valence-electron chi connectivity index (χ1n) is 8.52. The van der Waals surface area contributed by atoms with Gasteiger partial charge in [0.05, 0.1) is 10.9 Å². The second-order valence-electron chi connectivity index (χ2n) is 6.25. The lowest BCUT2D eigenvalue weighted by atomic mass is 10.1. The van der Waals surface area contributed by atoms with Crippen molar-refractivity contribution in [2.45, 2.75) is 6.92 Å². The van der Waals surface area contributed by atoms with Crippen molar-refractivity contribution in [3.63, 3.8) is 0 Å². The summed E-state index contributed by atoms with van der Waals surface area (Å²) in [5, 5.41) is 0.365. The lowest BCUT2D eigenvalue weighted by molar-refractivity contribution is 0.0735. The maximum atomic E-state index is 12.5. The van der Waals surface area contributed by atoms with E-state index in [1.165, 1.54) is 12.1 Å². The molecule has 0 bridgehead atoms. The van der Waals surface area contributed by atoms with Gasteiger partial charge in [0.1, 0.15) is 17.1 Å². The molecular formula is C23H16O4. The minimum Gasteiger partial charge on any atom is -0.456 e. The van der Waals surface area contributed by atoms with Gasteiger partial charge in [0.15, 0.2) is 5.43 Å². The van der Waals surface area contributed by atoms with Gasteiger partial charge >= 0.3 is 5.97 Å². The molecule has 132 valence electrons. The van der Waals surface area contributed by atoms with E-state index in [-0.39, 0.29) is 5.43 Å². The van der Waals surface area contributed by atoms with E-state index in [4.69, 9.17) is 9.15 Å². The summed E-state index contributed by atoms with van der Waals surface area (Å²) in [5.74, 6) is 0.324. The zero-order chi connectivity index (χ0) is 18.8. The van der Waals surface area contributed by atoms with E-state index in [0.717, 1.165) is 11.1 Å². The molecule has 0 saturated heterocycles. The first-order valence-corrected chi connectivity index (χ1v) is 8.52. The largest absolute Gasteiger partial charge is 0.456 e. The van der Waals surface area contributed by atoms with Crippen LogP contribution in [-0.4, -0.2) is 5.97 Å². The number of aryl methyl sites for hydroxylation is 1. The molecule has 1 aromatic heterocycles. The molecule has 0 fully saturated rings. The number of fused-ring (bicyclic) bond motifs is 1. The van der Waals surface area contributed by atoms with Crippen molar-refractivity contribution in [3.05, 3.63) is 100 Å². The normalized spacial score (nSPS) is 10.7. The fourth-order valence-corrected chi connectivity index (χ4v) is 2.80. The highest BCUT2D eigenvalue weighted by Crippen LogP contribution is 2.25. The zero-order valence-electron chi connectivity index (χ0n) is 14.6. The maximum absolute atomic E-state index is 12.5. The number of hydrogen-bond donors (Lipinski definition) is 0. The van der Waals surface area contributed by atoms with E-state index in [1.54, 1.807) is 24.3 Å². The Morgan fingerprint density at radius 1 is 0.889 bits per heavy atom. The smallest absolute Gasteiger partial charge is 0.343 e. The van der Waals surface area contributed by atoms with Crippen LogP contribution in [0.2, 0.25) is 0 Å². The highest BCUT2D eigenvalue weighted by molar-refractivity contribution is 5.91. The number of carbonyl (C=O) groups excluding carboxylic acids is 1. The average Bonchev–Trinajstić information content (AvgIpc) is 2.69. The van der Waals surface area contributed by atoms with Crippen LogP contribution in [0.3, 0.4) is 0 Å². The molecule has 0 radical (unpaired) electrons. The highest BCUT2D eigenvalue weighted by Gasteiger charge is 2.11. The molecule has 0 unspecified atom stereocenters. The van der Waals surface area contributed by atoms with Crippen molar-refractivity contribution in [2.24, 2.45) is 0 Å². The molecule has 4 nitrogen and oxygen atoms in total. The summed E-state index contributed by atoms with van der Waals surface area (Å²) in [6, 6.07) is 22.8. The van der Waals surface area contributed by atoms with Crippen molar-refractivity contribution in [2.75, 3.05) is 0 Å². The Balaban J connectivity index is 1.66. The summed E-state index contributed by atoms with van der Waals surface area (Å²) in [5.41, 5.74) is 2.59. The molecule has 4 aromatic rings. The SMILES string of the molecule is Cc1ccc(C(=O)Oc2ccc3oc(-c4ccccc4)cc(=O)c3c2)cc1. The van der Waals surface area contributed by atoms with Crippen LogP contribution in [0.5, 0.6) is 5.75 Å². The van der Waals surface area contributed by atoms with Gasteiger partial charge in [0.25, 0.3) is 0 Å². The Kier molecular flexibility index (Phi) is 4.30. The van der Waals surface area contributed by atoms with E-state index in [9.17, 15) is 9.59 Å². The fourth-order valence-electron chi connectivity index (χ4n) is 2.80. The number of rotatable bonds is 3. The Labute approximate surface area is 155 Å². The molecule has 0 amide bonds. The standard InChI is InChI=1S/C23H16O4/c1-15-7-9-17(10-8-15)23(25)26-18-11-12-21-19(13-18)20(24)14-22(27-21)16-5-3-2-4-6-16/h2-14H,1H3. The van der Waals surface area contributed by atoms with Crippen LogP contribution in [0.25, 0.3) is 22.3 Å². The van der Waals surface area contributed by atoms with Gasteiger partial charge < -0.3 is 9.15 Å². The molecule has 0 aliphatic carbocycles. The number of hydrogen-bond acceptors (Lipinski definition) is 4. The minimum atomic E-state index is -0.473. The molecule has 4 heteroatoms. The van der Waals surface area contributed by atoms with Gasteiger partial charge in [-0.15, -0.1) is 0 Å². The lowest BCUT2D eigenvalue weighted by Crippen LogP contribution is -2.09. The molecule has 27 heavy (non-hydrogen) atoms. The molecule has 1 heterocycles. The lowest BCUT2D eigenvalue weighted by Gasteiger charge is -2.07. The predicted octanol–water partition coefficient (Wildman–Crippen LogP) is 4.99. The molecule has 0 aliphatic rings. The van der Waals surface area contributed by atoms with E-state index in [0.29, 0.717) is 28.0 Å². The van der Waals surface area contributed by atoms with Crippen LogP contribution < -0.4 is 10.2 Å². The Bertz CT molecular complexity index is 1170. The molecule has 0 N–H and O–H groups in total. The van der Waals surface area contributed by atoms with Crippen LogP contribution in [-0.2, 0) is 0 Å². The van der Waals surface area contributed by atoms with Gasteiger partial charge in [0.2, 0.25) is 0 Å². The molecule has 0 atom stereocenters. The summed E-state index contributed by atoms with van der Waals surface area (Å²) >= 11 is 0. The van der Waals surface area contributed by atoms with Gasteiger partial charge in [-0.3, -0.25) is 4.79 Å². The van der Waals surface area contributed by atoms with Crippen LogP contribution in [0.1, 0.15) is 15.9 Å². The van der Waals surface area contributed by atoms with Crippen LogP contribution in [0.15, 0.2) is 88.1 Å². The van der Waals surface area contributed by atoms with Crippen LogP contribution in [0, 0.1) is 6.92 Å². The number of carbonyl (C=O) groups is 1. The van der Waals surface area contributed by atoms with Crippen molar-refractivity contribution in [1.29, 1.82) is 0 Å². The van der Waals surface area contributed by atoms with Crippen LogP contribution >= 0.6 is 0 Å². The van der Waals surface area contributed by atoms with Crippen LogP contribution in [0.4, 0.5) is 0 Å². The van der Waals surface area contributed by atoms with Gasteiger partial charge in [-0.1, -0.05) is 48.0 Å². The maximum Gasteiger partial charge on any atom is 0.343 e. The zero-order valence-corrected chi connectivity index (χ0v) is 14.6. The Morgan fingerprint density at radius 3 is 2.37 bits per heavy atom. The first kappa shape index (κ1) is 16.8.